The summed E-state index contributed by atoms with van der Waals surface area (Å²) >= 11 is 0. The van der Waals surface area contributed by atoms with Gasteiger partial charge in [-0.25, -0.2) is 0 Å². The largest absolute Gasteiger partial charge is 0.474 e. The molecule has 5 heteroatoms. The van der Waals surface area contributed by atoms with Gasteiger partial charge in [0.2, 0.25) is 5.88 Å². The van der Waals surface area contributed by atoms with Crippen LogP contribution in [0.3, 0.4) is 0 Å². The molecule has 1 rings (SSSR count). The number of rotatable bonds is 7. The fourth-order valence-electron chi connectivity index (χ4n) is 2.04. The lowest BCUT2D eigenvalue weighted by Crippen LogP contribution is -2.23. The van der Waals surface area contributed by atoms with E-state index in [1.165, 1.54) is 0 Å². The van der Waals surface area contributed by atoms with Crippen molar-refractivity contribution in [2.75, 3.05) is 13.2 Å². The second-order valence-corrected chi connectivity index (χ2v) is 5.63. The Kier molecular flexibility index (Phi) is 6.36. The third-order valence-electron chi connectivity index (χ3n) is 2.98. The van der Waals surface area contributed by atoms with Crippen molar-refractivity contribution in [1.82, 2.24) is 10.2 Å². The van der Waals surface area contributed by atoms with Crippen molar-refractivity contribution >= 4 is 0 Å². The summed E-state index contributed by atoms with van der Waals surface area (Å²) in [4.78, 5) is 0. The summed E-state index contributed by atoms with van der Waals surface area (Å²) in [6.45, 7) is 11.6. The molecule has 0 aromatic carbocycles. The van der Waals surface area contributed by atoms with Crippen molar-refractivity contribution in [1.29, 1.82) is 0 Å². The van der Waals surface area contributed by atoms with Crippen molar-refractivity contribution in [2.24, 2.45) is 5.73 Å². The number of hydrogen-bond donors (Lipinski definition) is 1. The molecule has 0 spiro atoms. The van der Waals surface area contributed by atoms with Gasteiger partial charge in [0.15, 0.2) is 0 Å². The molecule has 1 aromatic rings. The molecular formula is C15H27N3O2. The first-order valence-electron chi connectivity index (χ1n) is 7.27. The molecule has 0 aliphatic heterocycles. The van der Waals surface area contributed by atoms with E-state index < -0.39 is 0 Å². The molecule has 114 valence electrons. The zero-order valence-corrected chi connectivity index (χ0v) is 13.3. The van der Waals surface area contributed by atoms with E-state index in [1.807, 2.05) is 20.8 Å². The van der Waals surface area contributed by atoms with Gasteiger partial charge in [0.05, 0.1) is 17.9 Å². The summed E-state index contributed by atoms with van der Waals surface area (Å²) in [6, 6.07) is 0. The molecule has 0 amide bonds. The van der Waals surface area contributed by atoms with Crippen LogP contribution in [-0.4, -0.2) is 29.0 Å². The molecule has 2 N–H and O–H groups in total. The van der Waals surface area contributed by atoms with Crippen LogP contribution in [-0.2, 0) is 24.1 Å². The van der Waals surface area contributed by atoms with Crippen molar-refractivity contribution < 1.29 is 9.47 Å². The van der Waals surface area contributed by atoms with Gasteiger partial charge in [-0.05, 0) is 39.2 Å². The van der Waals surface area contributed by atoms with Gasteiger partial charge in [0, 0.05) is 12.1 Å². The van der Waals surface area contributed by atoms with E-state index in [4.69, 9.17) is 15.2 Å². The van der Waals surface area contributed by atoms with Crippen molar-refractivity contribution in [3.8, 4) is 5.88 Å². The van der Waals surface area contributed by atoms with Gasteiger partial charge >= 0.3 is 0 Å². The second-order valence-electron chi connectivity index (χ2n) is 5.63. The van der Waals surface area contributed by atoms with Gasteiger partial charge in [-0.3, -0.25) is 0 Å². The second kappa shape index (κ2) is 7.55. The van der Waals surface area contributed by atoms with E-state index in [9.17, 15) is 0 Å². The number of aromatic nitrogens is 2. The number of hydrogen-bond acceptors (Lipinski definition) is 5. The highest BCUT2D eigenvalue weighted by atomic mass is 16.5. The lowest BCUT2D eigenvalue weighted by atomic mass is 10.0. The van der Waals surface area contributed by atoms with Crippen LogP contribution in [0.5, 0.6) is 5.88 Å². The molecule has 1 aromatic heterocycles. The van der Waals surface area contributed by atoms with Crippen LogP contribution >= 0.6 is 0 Å². The summed E-state index contributed by atoms with van der Waals surface area (Å²) in [5.74, 6) is 0.541. The van der Waals surface area contributed by atoms with Gasteiger partial charge in [-0.1, -0.05) is 13.8 Å². The topological polar surface area (TPSA) is 70.3 Å². The number of aryl methyl sites for hydroxylation is 1. The predicted molar refractivity (Wildman–Crippen MR) is 79.9 cm³/mol. The van der Waals surface area contributed by atoms with E-state index >= 15 is 0 Å². The highest BCUT2D eigenvalue weighted by Gasteiger charge is 2.15. The fraction of sp³-hybridized carbons (Fsp3) is 0.733. The van der Waals surface area contributed by atoms with E-state index in [1.54, 1.807) is 0 Å². The minimum atomic E-state index is -0.160. The molecule has 0 aliphatic rings. The first-order chi connectivity index (χ1) is 9.42. The zero-order chi connectivity index (χ0) is 15.2. The van der Waals surface area contributed by atoms with Crippen LogP contribution < -0.4 is 10.5 Å². The Hall–Kier alpha value is -1.20. The van der Waals surface area contributed by atoms with Gasteiger partial charge in [-0.2, -0.15) is 5.10 Å². The maximum absolute atomic E-state index is 5.85. The van der Waals surface area contributed by atoms with Gasteiger partial charge < -0.3 is 15.2 Å². The highest BCUT2D eigenvalue weighted by molar-refractivity contribution is 5.36. The van der Waals surface area contributed by atoms with Crippen molar-refractivity contribution in [3.63, 3.8) is 0 Å². The summed E-state index contributed by atoms with van der Waals surface area (Å²) in [7, 11) is 0. The Morgan fingerprint density at radius 1 is 1.00 bits per heavy atom. The van der Waals surface area contributed by atoms with Gasteiger partial charge in [0.1, 0.15) is 6.61 Å². The van der Waals surface area contributed by atoms with E-state index in [0.29, 0.717) is 25.6 Å². The molecule has 0 unspecified atom stereocenters. The van der Waals surface area contributed by atoms with Crippen LogP contribution in [0.15, 0.2) is 0 Å². The molecule has 0 saturated heterocycles. The molecular weight excluding hydrogens is 254 g/mol. The summed E-state index contributed by atoms with van der Waals surface area (Å²) in [6.07, 6.45) is 1.75. The maximum atomic E-state index is 5.85. The smallest absolute Gasteiger partial charge is 0.238 e. The molecule has 0 aliphatic carbocycles. The molecule has 0 saturated carbocycles. The quantitative estimate of drug-likeness (QED) is 0.776. The standard InChI is InChI=1S/C15H27N3O2/c1-6-11-12(10-16)14(18-17-13(11)7-2)19-8-9-20-15(3,4)5/h6-10,16H2,1-5H3. The highest BCUT2D eigenvalue weighted by Crippen LogP contribution is 2.22. The van der Waals surface area contributed by atoms with Crippen molar-refractivity contribution in [2.45, 2.75) is 59.6 Å². The minimum absolute atomic E-state index is 0.160. The zero-order valence-electron chi connectivity index (χ0n) is 13.3. The predicted octanol–water partition coefficient (Wildman–Crippen LogP) is 2.25. The SMILES string of the molecule is CCc1nnc(OCCOC(C)(C)C)c(CN)c1CC. The number of nitrogens with zero attached hydrogens (tertiary/aromatic N) is 2. The van der Waals surface area contributed by atoms with Crippen LogP contribution in [0.4, 0.5) is 0 Å². The Morgan fingerprint density at radius 3 is 2.20 bits per heavy atom. The van der Waals surface area contributed by atoms with E-state index in [2.05, 4.69) is 24.0 Å². The Morgan fingerprint density at radius 2 is 1.70 bits per heavy atom. The van der Waals surface area contributed by atoms with Crippen LogP contribution in [0.1, 0.15) is 51.4 Å². The van der Waals surface area contributed by atoms with Gasteiger partial charge in [0.25, 0.3) is 0 Å². The summed E-state index contributed by atoms with van der Waals surface area (Å²) < 4.78 is 11.3. The molecule has 20 heavy (non-hydrogen) atoms. The van der Waals surface area contributed by atoms with Crippen molar-refractivity contribution in [3.05, 3.63) is 16.8 Å². The van der Waals surface area contributed by atoms with E-state index in [0.717, 1.165) is 29.7 Å². The maximum Gasteiger partial charge on any atom is 0.238 e. The van der Waals surface area contributed by atoms with Gasteiger partial charge in [-0.15, -0.1) is 5.10 Å². The monoisotopic (exact) mass is 281 g/mol. The first kappa shape index (κ1) is 16.9. The Labute approximate surface area is 121 Å². The molecule has 0 atom stereocenters. The summed E-state index contributed by atoms with van der Waals surface area (Å²) in [5, 5.41) is 8.39. The molecule has 5 nitrogen and oxygen atoms in total. The lowest BCUT2D eigenvalue weighted by Gasteiger charge is -2.20. The molecule has 0 bridgehead atoms. The van der Waals surface area contributed by atoms with Crippen LogP contribution in [0.2, 0.25) is 0 Å². The molecule has 1 heterocycles. The Bertz CT molecular complexity index is 428. The first-order valence-corrected chi connectivity index (χ1v) is 7.27. The Balaban J connectivity index is 2.75. The van der Waals surface area contributed by atoms with Crippen LogP contribution in [0, 0.1) is 0 Å². The normalized spacial score (nSPS) is 11.7. The molecule has 0 radical (unpaired) electrons. The van der Waals surface area contributed by atoms with E-state index in [-0.39, 0.29) is 5.60 Å². The third-order valence-corrected chi connectivity index (χ3v) is 2.98. The third kappa shape index (κ3) is 4.72. The number of ether oxygens (including phenoxy) is 2. The average Bonchev–Trinajstić information content (AvgIpc) is 2.41. The van der Waals surface area contributed by atoms with Crippen LogP contribution in [0.25, 0.3) is 0 Å². The summed E-state index contributed by atoms with van der Waals surface area (Å²) in [5.41, 5.74) is 8.82. The fourth-order valence-corrected chi connectivity index (χ4v) is 2.04. The average molecular weight is 281 g/mol. The lowest BCUT2D eigenvalue weighted by molar-refractivity contribution is -0.0170. The molecule has 0 fully saturated rings. The number of nitrogens with two attached hydrogens (primary N) is 1. The minimum Gasteiger partial charge on any atom is -0.474 e.